The lowest BCUT2D eigenvalue weighted by Crippen LogP contribution is -2.35. The van der Waals surface area contributed by atoms with Gasteiger partial charge in [0, 0.05) is 30.1 Å². The van der Waals surface area contributed by atoms with Crippen molar-refractivity contribution in [3.63, 3.8) is 0 Å². The van der Waals surface area contributed by atoms with E-state index in [0.717, 1.165) is 22.3 Å². The molecular weight excluding hydrogens is 466 g/mol. The first kappa shape index (κ1) is 25.3. The predicted octanol–water partition coefficient (Wildman–Crippen LogP) is 3.38. The van der Waals surface area contributed by atoms with Crippen LogP contribution in [0.25, 0.3) is 11.1 Å². The molecule has 0 spiro atoms. The fourth-order valence-corrected chi connectivity index (χ4v) is 3.90. The normalized spacial score (nSPS) is 12.3. The third kappa shape index (κ3) is 6.66. The van der Waals surface area contributed by atoms with Crippen LogP contribution < -0.4 is 16.4 Å². The first-order chi connectivity index (χ1) is 17.9. The number of nitriles is 1. The highest BCUT2D eigenvalue weighted by Crippen LogP contribution is 2.22. The maximum Gasteiger partial charge on any atom is 0.247 e. The number of carbonyl (C=O) groups excluding carboxylic acids is 2. The maximum absolute atomic E-state index is 13.3. The molecule has 0 aliphatic rings. The molecule has 0 aliphatic carbocycles. The van der Waals surface area contributed by atoms with Crippen molar-refractivity contribution in [1.82, 2.24) is 20.1 Å². The topological polar surface area (TPSA) is 139 Å². The second kappa shape index (κ2) is 11.7. The number of hydrogen-bond donors (Lipinski definition) is 3. The van der Waals surface area contributed by atoms with E-state index >= 15 is 0 Å². The van der Waals surface area contributed by atoms with Crippen molar-refractivity contribution in [3.8, 4) is 17.2 Å². The summed E-state index contributed by atoms with van der Waals surface area (Å²) in [7, 11) is 0. The van der Waals surface area contributed by atoms with E-state index in [0.29, 0.717) is 17.9 Å². The molecule has 37 heavy (non-hydrogen) atoms. The Labute approximate surface area is 215 Å². The van der Waals surface area contributed by atoms with Crippen LogP contribution in [-0.4, -0.2) is 33.1 Å². The molecule has 4 N–H and O–H groups in total. The number of carbonyl (C=O) groups is 2. The number of amides is 2. The van der Waals surface area contributed by atoms with Gasteiger partial charge >= 0.3 is 0 Å². The van der Waals surface area contributed by atoms with Gasteiger partial charge in [-0.1, -0.05) is 49.4 Å². The monoisotopic (exact) mass is 493 g/mol. The van der Waals surface area contributed by atoms with E-state index < -0.39 is 11.9 Å². The minimum atomic E-state index is -0.587. The molecule has 2 aromatic carbocycles. The van der Waals surface area contributed by atoms with Gasteiger partial charge in [0.15, 0.2) is 0 Å². The number of nitrogens with one attached hydrogen (secondary N) is 2. The molecule has 2 amide bonds. The molecule has 0 saturated carbocycles. The predicted molar refractivity (Wildman–Crippen MR) is 140 cm³/mol. The third-order valence-corrected chi connectivity index (χ3v) is 5.93. The number of nitrogens with zero attached hydrogens (tertiary/aromatic N) is 4. The highest BCUT2D eigenvalue weighted by atomic mass is 16.2. The van der Waals surface area contributed by atoms with Crippen molar-refractivity contribution in [2.75, 3.05) is 11.9 Å². The van der Waals surface area contributed by atoms with E-state index in [2.05, 4.69) is 33.7 Å². The Balaban J connectivity index is 1.44. The first-order valence-corrected chi connectivity index (χ1v) is 11.8. The minimum absolute atomic E-state index is 0.000756. The Bertz CT molecular complexity index is 1390. The summed E-state index contributed by atoms with van der Waals surface area (Å²) >= 11 is 0. The van der Waals surface area contributed by atoms with Crippen molar-refractivity contribution in [2.24, 2.45) is 5.73 Å². The van der Waals surface area contributed by atoms with E-state index in [1.54, 1.807) is 36.8 Å². The van der Waals surface area contributed by atoms with Crippen LogP contribution in [0.2, 0.25) is 0 Å². The zero-order chi connectivity index (χ0) is 26.2. The van der Waals surface area contributed by atoms with Crippen LogP contribution in [0.5, 0.6) is 0 Å². The van der Waals surface area contributed by atoms with E-state index in [4.69, 9.17) is 11.0 Å². The van der Waals surface area contributed by atoms with Crippen molar-refractivity contribution in [3.05, 3.63) is 102 Å². The summed E-state index contributed by atoms with van der Waals surface area (Å²) in [5.74, 6) is -0.160. The van der Waals surface area contributed by atoms with Gasteiger partial charge in [0.1, 0.15) is 18.4 Å². The Kier molecular flexibility index (Phi) is 8.03. The van der Waals surface area contributed by atoms with Crippen LogP contribution in [-0.2, 0) is 16.1 Å². The average Bonchev–Trinajstić information content (AvgIpc) is 3.37. The lowest BCUT2D eigenvalue weighted by Gasteiger charge is -2.21. The fraction of sp³-hybridized carbons (Fsp3) is 0.179. The van der Waals surface area contributed by atoms with E-state index in [1.165, 1.54) is 4.68 Å². The van der Waals surface area contributed by atoms with Gasteiger partial charge in [-0.25, -0.2) is 4.98 Å². The van der Waals surface area contributed by atoms with Crippen LogP contribution in [0.15, 0.2) is 85.3 Å². The summed E-state index contributed by atoms with van der Waals surface area (Å²) in [6.07, 6.45) is 4.98. The summed E-state index contributed by atoms with van der Waals surface area (Å²) in [5.41, 5.74) is 9.33. The average molecular weight is 494 g/mol. The van der Waals surface area contributed by atoms with E-state index in [9.17, 15) is 9.59 Å². The SMILES string of the molecule is CC(CNC(C(=O)Nc1ccc(-c2cnn(CC(N)=O)c2)cn1)c1ccccc1)c1ccc(C#N)cc1. The number of nitrogens with two attached hydrogens (primary N) is 1. The Morgan fingerprint density at radius 3 is 2.41 bits per heavy atom. The highest BCUT2D eigenvalue weighted by molar-refractivity contribution is 5.95. The van der Waals surface area contributed by atoms with Crippen molar-refractivity contribution in [2.45, 2.75) is 25.4 Å². The van der Waals surface area contributed by atoms with Crippen molar-refractivity contribution >= 4 is 17.6 Å². The van der Waals surface area contributed by atoms with Gasteiger partial charge < -0.3 is 16.4 Å². The van der Waals surface area contributed by atoms with Crippen LogP contribution >= 0.6 is 0 Å². The second-order valence-electron chi connectivity index (χ2n) is 8.70. The van der Waals surface area contributed by atoms with Crippen LogP contribution in [0.1, 0.15) is 35.6 Å². The molecule has 0 bridgehead atoms. The lowest BCUT2D eigenvalue weighted by atomic mass is 9.98. The zero-order valence-corrected chi connectivity index (χ0v) is 20.3. The standard InChI is InChI=1S/C28H27N7O2/c1-19(21-9-7-20(13-29)8-10-21)14-32-27(22-5-3-2-4-6-22)28(37)34-26-12-11-23(15-31-26)24-16-33-35(17-24)18-25(30)36/h2-12,15-17,19,27,32H,14,18H2,1H3,(H2,30,36)(H,31,34,37). The van der Waals surface area contributed by atoms with E-state index in [1.807, 2.05) is 48.5 Å². The number of pyridine rings is 1. The molecule has 0 aliphatic heterocycles. The number of rotatable bonds is 10. The molecular formula is C28H27N7O2. The quantitative estimate of drug-likeness (QED) is 0.310. The van der Waals surface area contributed by atoms with Gasteiger partial charge in [-0.05, 0) is 41.3 Å². The van der Waals surface area contributed by atoms with Crippen LogP contribution in [0.4, 0.5) is 5.82 Å². The van der Waals surface area contributed by atoms with Crippen molar-refractivity contribution in [1.29, 1.82) is 5.26 Å². The number of hydrogen-bond acceptors (Lipinski definition) is 6. The van der Waals surface area contributed by atoms with E-state index in [-0.39, 0.29) is 18.4 Å². The summed E-state index contributed by atoms with van der Waals surface area (Å²) in [6, 6.07) is 22.1. The van der Waals surface area contributed by atoms with Gasteiger partial charge in [0.2, 0.25) is 11.8 Å². The summed E-state index contributed by atoms with van der Waals surface area (Å²) in [6.45, 7) is 2.62. The molecule has 2 aromatic heterocycles. The Morgan fingerprint density at radius 1 is 1.00 bits per heavy atom. The Morgan fingerprint density at radius 2 is 1.76 bits per heavy atom. The van der Waals surface area contributed by atoms with Crippen molar-refractivity contribution < 1.29 is 9.59 Å². The molecule has 4 aromatic rings. The van der Waals surface area contributed by atoms with Gasteiger partial charge in [0.05, 0.1) is 17.8 Å². The molecule has 9 heteroatoms. The molecule has 0 fully saturated rings. The molecule has 186 valence electrons. The van der Waals surface area contributed by atoms with Gasteiger partial charge in [-0.15, -0.1) is 0 Å². The van der Waals surface area contributed by atoms with Gasteiger partial charge in [-0.2, -0.15) is 10.4 Å². The second-order valence-corrected chi connectivity index (χ2v) is 8.70. The zero-order valence-electron chi connectivity index (χ0n) is 20.3. The third-order valence-electron chi connectivity index (χ3n) is 5.93. The molecule has 0 saturated heterocycles. The first-order valence-electron chi connectivity index (χ1n) is 11.8. The molecule has 4 rings (SSSR count). The molecule has 2 heterocycles. The molecule has 2 unspecified atom stereocenters. The number of primary amides is 1. The summed E-state index contributed by atoms with van der Waals surface area (Å²) in [5, 5.41) is 19.4. The molecule has 2 atom stereocenters. The smallest absolute Gasteiger partial charge is 0.247 e. The van der Waals surface area contributed by atoms with Crippen LogP contribution in [0.3, 0.4) is 0 Å². The van der Waals surface area contributed by atoms with Gasteiger partial charge in [0.25, 0.3) is 0 Å². The number of benzene rings is 2. The highest BCUT2D eigenvalue weighted by Gasteiger charge is 2.22. The fourth-order valence-electron chi connectivity index (χ4n) is 3.90. The summed E-state index contributed by atoms with van der Waals surface area (Å²) < 4.78 is 1.46. The maximum atomic E-state index is 13.3. The Hall–Kier alpha value is -4.81. The lowest BCUT2D eigenvalue weighted by molar-refractivity contribution is -0.119. The molecule has 9 nitrogen and oxygen atoms in total. The van der Waals surface area contributed by atoms with Crippen LogP contribution in [0, 0.1) is 11.3 Å². The molecule has 0 radical (unpaired) electrons. The summed E-state index contributed by atoms with van der Waals surface area (Å²) in [4.78, 5) is 28.8. The minimum Gasteiger partial charge on any atom is -0.368 e. The number of anilines is 1. The largest absolute Gasteiger partial charge is 0.368 e. The van der Waals surface area contributed by atoms with Gasteiger partial charge in [-0.3, -0.25) is 14.3 Å². The number of aromatic nitrogens is 3.